The fraction of sp³-hybridized carbons (Fsp3) is 0.0870. The Morgan fingerprint density at radius 2 is 2.03 bits per heavy atom. The molecule has 0 atom stereocenters. The molecule has 144 valence electrons. The molecule has 0 spiro atoms. The molecule has 1 aliphatic rings. The van der Waals surface area contributed by atoms with Crippen LogP contribution in [0.3, 0.4) is 0 Å². The number of aromatic amines is 1. The van der Waals surface area contributed by atoms with Gasteiger partial charge in [-0.25, -0.2) is 0 Å². The summed E-state index contributed by atoms with van der Waals surface area (Å²) in [4.78, 5) is 31.3. The third-order valence-electron chi connectivity index (χ3n) is 4.97. The summed E-state index contributed by atoms with van der Waals surface area (Å²) in [6.45, 7) is 1.96. The number of fused-ring (bicyclic) bond motifs is 1. The summed E-state index contributed by atoms with van der Waals surface area (Å²) in [5, 5.41) is 3.84. The van der Waals surface area contributed by atoms with Gasteiger partial charge in [0.2, 0.25) is 5.91 Å². The van der Waals surface area contributed by atoms with Gasteiger partial charge in [0.05, 0.1) is 11.1 Å². The summed E-state index contributed by atoms with van der Waals surface area (Å²) < 4.78 is 0. The molecule has 0 saturated carbocycles. The molecule has 4 N–H and O–H groups in total. The predicted molar refractivity (Wildman–Crippen MR) is 116 cm³/mol. The van der Waals surface area contributed by atoms with Crippen molar-refractivity contribution < 1.29 is 9.59 Å². The van der Waals surface area contributed by atoms with E-state index in [1.165, 1.54) is 6.08 Å². The lowest BCUT2D eigenvalue weighted by atomic mass is 9.94. The van der Waals surface area contributed by atoms with E-state index in [0.29, 0.717) is 11.1 Å². The number of nitrogens with one attached hydrogen (secondary N) is 2. The van der Waals surface area contributed by atoms with E-state index >= 15 is 0 Å². The molecular formula is C23H20N4O2. The van der Waals surface area contributed by atoms with Gasteiger partial charge in [0.25, 0.3) is 5.91 Å². The van der Waals surface area contributed by atoms with Crippen molar-refractivity contribution in [2.75, 3.05) is 5.32 Å². The predicted octanol–water partition coefficient (Wildman–Crippen LogP) is 4.10. The quantitative estimate of drug-likeness (QED) is 0.577. The van der Waals surface area contributed by atoms with Gasteiger partial charge in [0, 0.05) is 41.7 Å². The van der Waals surface area contributed by atoms with Crippen LogP contribution in [-0.2, 0) is 4.79 Å². The number of primary amides is 1. The van der Waals surface area contributed by atoms with Gasteiger partial charge in [-0.3, -0.25) is 14.6 Å². The van der Waals surface area contributed by atoms with Crippen molar-refractivity contribution in [3.8, 4) is 11.1 Å². The van der Waals surface area contributed by atoms with E-state index in [1.807, 2.05) is 43.3 Å². The highest BCUT2D eigenvalue weighted by atomic mass is 16.1. The van der Waals surface area contributed by atoms with Gasteiger partial charge in [-0.15, -0.1) is 0 Å². The van der Waals surface area contributed by atoms with Crippen LogP contribution in [-0.4, -0.2) is 22.5 Å². The third-order valence-corrected chi connectivity index (χ3v) is 4.97. The maximum absolute atomic E-state index is 12.3. The van der Waals surface area contributed by atoms with Crippen LogP contribution < -0.4 is 11.1 Å². The summed E-state index contributed by atoms with van der Waals surface area (Å²) in [5.41, 5.74) is 11.1. The first kappa shape index (κ1) is 18.4. The Kier molecular flexibility index (Phi) is 4.83. The first-order valence-electron chi connectivity index (χ1n) is 9.25. The van der Waals surface area contributed by atoms with Crippen molar-refractivity contribution in [2.45, 2.75) is 13.3 Å². The topological polar surface area (TPSA) is 100 Å². The minimum Gasteiger partial charge on any atom is -0.366 e. The molecule has 2 aromatic carbocycles. The monoisotopic (exact) mass is 384 g/mol. The van der Waals surface area contributed by atoms with Crippen LogP contribution in [0.5, 0.6) is 0 Å². The number of benzene rings is 2. The average Bonchev–Trinajstić information content (AvgIpc) is 3.39. The van der Waals surface area contributed by atoms with E-state index in [4.69, 9.17) is 5.73 Å². The number of nitrogens with two attached hydrogens (primary N) is 1. The number of rotatable bonds is 5. The van der Waals surface area contributed by atoms with E-state index in [-0.39, 0.29) is 5.91 Å². The van der Waals surface area contributed by atoms with Crippen LogP contribution >= 0.6 is 0 Å². The normalized spacial score (nSPS) is 13.2. The van der Waals surface area contributed by atoms with Crippen LogP contribution in [0.15, 0.2) is 72.0 Å². The Morgan fingerprint density at radius 3 is 2.79 bits per heavy atom. The van der Waals surface area contributed by atoms with Gasteiger partial charge in [0.15, 0.2) is 0 Å². The second kappa shape index (κ2) is 7.59. The maximum atomic E-state index is 12.3. The van der Waals surface area contributed by atoms with Gasteiger partial charge < -0.3 is 16.0 Å². The highest BCUT2D eigenvalue weighted by molar-refractivity contribution is 6.10. The van der Waals surface area contributed by atoms with Gasteiger partial charge in [-0.2, -0.15) is 0 Å². The number of hydrogen-bond acceptors (Lipinski definition) is 3. The molecule has 2 amide bonds. The van der Waals surface area contributed by atoms with Crippen molar-refractivity contribution in [2.24, 2.45) is 10.7 Å². The lowest BCUT2D eigenvalue weighted by Gasteiger charge is -2.13. The molecule has 1 aromatic heterocycles. The zero-order valence-corrected chi connectivity index (χ0v) is 15.9. The van der Waals surface area contributed by atoms with Gasteiger partial charge in [-0.1, -0.05) is 24.3 Å². The molecule has 3 aromatic rings. The Hall–Kier alpha value is -3.93. The smallest absolute Gasteiger partial charge is 0.250 e. The van der Waals surface area contributed by atoms with Crippen molar-refractivity contribution in [1.82, 2.24) is 4.98 Å². The molecule has 29 heavy (non-hydrogen) atoms. The largest absolute Gasteiger partial charge is 0.366 e. The van der Waals surface area contributed by atoms with Crippen LogP contribution in [0.4, 0.5) is 5.69 Å². The van der Waals surface area contributed by atoms with Crippen LogP contribution in [0.25, 0.3) is 22.0 Å². The molecule has 1 aliphatic heterocycles. The standard InChI is InChI=1S/C23H20N4O2/c1-14-16(17-8-9-19(23(24)29)22-18(17)11-13-26-22)5-2-6-20(14)27-21(28)10-7-15-4-3-12-25-15/h2-3,5-13,26H,4H2,1H3,(H2,24,29)(H,27,28)/b10-7+. The van der Waals surface area contributed by atoms with Crippen molar-refractivity contribution in [1.29, 1.82) is 0 Å². The first-order valence-corrected chi connectivity index (χ1v) is 9.25. The average molecular weight is 384 g/mol. The van der Waals surface area contributed by atoms with Gasteiger partial charge >= 0.3 is 0 Å². The first-order chi connectivity index (χ1) is 14.0. The highest BCUT2D eigenvalue weighted by Crippen LogP contribution is 2.34. The highest BCUT2D eigenvalue weighted by Gasteiger charge is 2.15. The summed E-state index contributed by atoms with van der Waals surface area (Å²) in [6, 6.07) is 11.3. The van der Waals surface area contributed by atoms with Crippen molar-refractivity contribution in [3.63, 3.8) is 0 Å². The fourth-order valence-corrected chi connectivity index (χ4v) is 3.49. The van der Waals surface area contributed by atoms with Gasteiger partial charge in [-0.05, 0) is 47.9 Å². The number of carbonyl (C=O) groups excluding carboxylic acids is 2. The number of nitrogens with zero attached hydrogens (tertiary/aromatic N) is 1. The summed E-state index contributed by atoms with van der Waals surface area (Å²) in [5.74, 6) is -0.689. The molecule has 2 heterocycles. The van der Waals surface area contributed by atoms with E-state index in [0.717, 1.165) is 39.9 Å². The number of aromatic nitrogens is 1. The number of anilines is 1. The molecule has 0 bridgehead atoms. The SMILES string of the molecule is Cc1c(NC(=O)/C=C/C2=NC=CC2)cccc1-c1ccc(C(N)=O)c2[nH]ccc12. The van der Waals surface area contributed by atoms with Gasteiger partial charge in [0.1, 0.15) is 0 Å². The minimum atomic E-state index is -0.476. The number of carbonyl (C=O) groups is 2. The number of allylic oxidation sites excluding steroid dienone is 2. The molecular weight excluding hydrogens is 364 g/mol. The van der Waals surface area contributed by atoms with E-state index in [2.05, 4.69) is 15.3 Å². The van der Waals surface area contributed by atoms with Crippen molar-refractivity contribution in [3.05, 3.63) is 78.1 Å². The molecule has 0 fully saturated rings. The molecule has 0 saturated heterocycles. The lowest BCUT2D eigenvalue weighted by Crippen LogP contribution is -2.11. The lowest BCUT2D eigenvalue weighted by molar-refractivity contribution is -0.111. The number of H-pyrrole nitrogens is 1. The molecule has 6 heteroatoms. The summed E-state index contributed by atoms with van der Waals surface area (Å²) in [7, 11) is 0. The Bertz CT molecular complexity index is 1210. The third kappa shape index (κ3) is 3.60. The van der Waals surface area contributed by atoms with Crippen LogP contribution in [0, 0.1) is 6.92 Å². The Balaban J connectivity index is 1.66. The Morgan fingerprint density at radius 1 is 1.17 bits per heavy atom. The Labute approximate surface area is 167 Å². The van der Waals surface area contributed by atoms with E-state index in [1.54, 1.807) is 24.5 Å². The second-order valence-corrected chi connectivity index (χ2v) is 6.80. The number of amides is 2. The van der Waals surface area contributed by atoms with E-state index in [9.17, 15) is 9.59 Å². The zero-order chi connectivity index (χ0) is 20.4. The molecule has 0 radical (unpaired) electrons. The fourth-order valence-electron chi connectivity index (χ4n) is 3.49. The van der Waals surface area contributed by atoms with Crippen molar-refractivity contribution >= 4 is 34.1 Å². The molecule has 6 nitrogen and oxygen atoms in total. The minimum absolute atomic E-state index is 0.212. The second-order valence-electron chi connectivity index (χ2n) is 6.80. The summed E-state index contributed by atoms with van der Waals surface area (Å²) >= 11 is 0. The number of aliphatic imine (C=N–C) groups is 1. The molecule has 0 aliphatic carbocycles. The zero-order valence-electron chi connectivity index (χ0n) is 15.9. The molecule has 4 rings (SSSR count). The maximum Gasteiger partial charge on any atom is 0.250 e. The summed E-state index contributed by atoms with van der Waals surface area (Å²) in [6.07, 6.45) is 9.41. The van der Waals surface area contributed by atoms with Crippen LogP contribution in [0.2, 0.25) is 0 Å². The molecule has 0 unspecified atom stereocenters. The number of hydrogen-bond donors (Lipinski definition) is 3. The van der Waals surface area contributed by atoms with Crippen LogP contribution in [0.1, 0.15) is 22.3 Å². The van der Waals surface area contributed by atoms with E-state index < -0.39 is 5.91 Å².